The Morgan fingerprint density at radius 2 is 2.15 bits per heavy atom. The molecule has 2 amide bonds. The molecule has 1 aromatic carbocycles. The van der Waals surface area contributed by atoms with Crippen molar-refractivity contribution in [1.82, 2.24) is 4.90 Å². The van der Waals surface area contributed by atoms with Crippen LogP contribution in [0.15, 0.2) is 18.2 Å². The third-order valence-corrected chi connectivity index (χ3v) is 3.48. The van der Waals surface area contributed by atoms with Crippen molar-refractivity contribution in [3.63, 3.8) is 0 Å². The molecule has 0 bridgehead atoms. The summed E-state index contributed by atoms with van der Waals surface area (Å²) in [7, 11) is 0. The normalized spacial score (nSPS) is 18.1. The highest BCUT2D eigenvalue weighted by Gasteiger charge is 2.25. The van der Waals surface area contributed by atoms with Gasteiger partial charge in [-0.3, -0.25) is 9.59 Å². The number of benzene rings is 1. The predicted octanol–water partition coefficient (Wildman–Crippen LogP) is 1.23. The lowest BCUT2D eigenvalue weighted by Gasteiger charge is -2.15. The lowest BCUT2D eigenvalue weighted by molar-refractivity contribution is -0.134. The van der Waals surface area contributed by atoms with Crippen LogP contribution in [0.4, 0.5) is 5.69 Å². The number of nitrogens with zero attached hydrogens (tertiary/aromatic N) is 1. The van der Waals surface area contributed by atoms with E-state index in [2.05, 4.69) is 5.32 Å². The number of hydrogen-bond donors (Lipinski definition) is 2. The van der Waals surface area contributed by atoms with Gasteiger partial charge in [0.1, 0.15) is 6.42 Å². The molecule has 1 aliphatic rings. The van der Waals surface area contributed by atoms with Gasteiger partial charge in [0.25, 0.3) is 0 Å². The van der Waals surface area contributed by atoms with Gasteiger partial charge in [-0.2, -0.15) is 0 Å². The molecule has 0 aromatic heterocycles. The van der Waals surface area contributed by atoms with Crippen LogP contribution in [0, 0.1) is 13.8 Å². The Hall–Kier alpha value is -1.88. The fourth-order valence-electron chi connectivity index (χ4n) is 2.37. The van der Waals surface area contributed by atoms with Crippen LogP contribution in [-0.4, -0.2) is 41.0 Å². The van der Waals surface area contributed by atoms with Gasteiger partial charge >= 0.3 is 0 Å². The van der Waals surface area contributed by atoms with E-state index in [1.807, 2.05) is 32.0 Å². The zero-order valence-corrected chi connectivity index (χ0v) is 11.8. The fourth-order valence-corrected chi connectivity index (χ4v) is 2.37. The first-order valence-corrected chi connectivity index (χ1v) is 6.78. The zero-order valence-electron chi connectivity index (χ0n) is 11.8. The van der Waals surface area contributed by atoms with Gasteiger partial charge in [-0.15, -0.1) is 0 Å². The topological polar surface area (TPSA) is 69.6 Å². The number of aryl methyl sites for hydroxylation is 2. The summed E-state index contributed by atoms with van der Waals surface area (Å²) in [5, 5.41) is 12.1. The van der Waals surface area contributed by atoms with Crippen LogP contribution >= 0.6 is 0 Å². The van der Waals surface area contributed by atoms with E-state index in [1.165, 1.54) is 4.90 Å². The van der Waals surface area contributed by atoms with Gasteiger partial charge in [-0.1, -0.05) is 17.7 Å². The standard InChI is InChI=1S/C15H20N2O3/c1-10-3-4-13(11(2)7-10)16-14(19)8-15(20)17-6-5-12(18)9-17/h3-4,7,12,18H,5-6,8-9H2,1-2H3,(H,16,19)/t12-/m1/s1. The molecule has 0 aliphatic carbocycles. The summed E-state index contributed by atoms with van der Waals surface area (Å²) in [5.41, 5.74) is 2.83. The molecular formula is C15H20N2O3. The maximum atomic E-state index is 11.9. The van der Waals surface area contributed by atoms with E-state index in [1.54, 1.807) is 0 Å². The number of anilines is 1. The Kier molecular flexibility index (Phi) is 4.39. The van der Waals surface area contributed by atoms with Crippen LogP contribution in [0.5, 0.6) is 0 Å². The van der Waals surface area contributed by atoms with Crippen LogP contribution in [0.3, 0.4) is 0 Å². The van der Waals surface area contributed by atoms with Crippen LogP contribution in [0.2, 0.25) is 0 Å². The third-order valence-electron chi connectivity index (χ3n) is 3.48. The summed E-state index contributed by atoms with van der Waals surface area (Å²) in [6.07, 6.45) is -0.0499. The highest BCUT2D eigenvalue weighted by molar-refractivity contribution is 6.03. The van der Waals surface area contributed by atoms with Gasteiger partial charge in [-0.05, 0) is 31.9 Å². The summed E-state index contributed by atoms with van der Waals surface area (Å²) < 4.78 is 0. The molecule has 2 N–H and O–H groups in total. The number of aliphatic hydroxyl groups excluding tert-OH is 1. The molecule has 1 aromatic rings. The largest absolute Gasteiger partial charge is 0.391 e. The number of β-amino-alcohol motifs (C(OH)–C–C–N with tert-alkyl or cyclic N) is 1. The van der Waals surface area contributed by atoms with Gasteiger partial charge in [0, 0.05) is 18.8 Å². The van der Waals surface area contributed by atoms with Crippen LogP contribution < -0.4 is 5.32 Å². The summed E-state index contributed by atoms with van der Waals surface area (Å²) in [6, 6.07) is 5.74. The van der Waals surface area contributed by atoms with E-state index in [0.29, 0.717) is 19.5 Å². The van der Waals surface area contributed by atoms with Gasteiger partial charge in [0.2, 0.25) is 11.8 Å². The van der Waals surface area contributed by atoms with Gasteiger partial charge in [0.05, 0.1) is 6.10 Å². The fraction of sp³-hybridized carbons (Fsp3) is 0.467. The van der Waals surface area contributed by atoms with Gasteiger partial charge in [0.15, 0.2) is 0 Å². The number of carbonyl (C=O) groups excluding carboxylic acids is 2. The van der Waals surface area contributed by atoms with Crippen molar-refractivity contribution in [2.24, 2.45) is 0 Å². The van der Waals surface area contributed by atoms with Crippen molar-refractivity contribution in [2.45, 2.75) is 32.8 Å². The Balaban J connectivity index is 1.90. The van der Waals surface area contributed by atoms with E-state index in [0.717, 1.165) is 16.8 Å². The number of rotatable bonds is 3. The first kappa shape index (κ1) is 14.5. The molecule has 0 saturated carbocycles. The van der Waals surface area contributed by atoms with Crippen molar-refractivity contribution in [3.05, 3.63) is 29.3 Å². The number of carbonyl (C=O) groups is 2. The molecule has 1 atom stereocenters. The van der Waals surface area contributed by atoms with E-state index in [-0.39, 0.29) is 18.2 Å². The van der Waals surface area contributed by atoms with Gasteiger partial charge in [-0.25, -0.2) is 0 Å². The van der Waals surface area contributed by atoms with Gasteiger partial charge < -0.3 is 15.3 Å². The Labute approximate surface area is 118 Å². The number of amides is 2. The molecule has 0 unspecified atom stereocenters. The minimum atomic E-state index is -0.457. The first-order chi connectivity index (χ1) is 9.45. The summed E-state index contributed by atoms with van der Waals surface area (Å²) in [4.78, 5) is 25.3. The number of likely N-dealkylation sites (tertiary alicyclic amines) is 1. The summed E-state index contributed by atoms with van der Waals surface area (Å²) in [6.45, 7) is 4.76. The van der Waals surface area contributed by atoms with E-state index in [4.69, 9.17) is 0 Å². The molecule has 0 spiro atoms. The number of nitrogens with one attached hydrogen (secondary N) is 1. The monoisotopic (exact) mass is 276 g/mol. The maximum Gasteiger partial charge on any atom is 0.233 e. The van der Waals surface area contributed by atoms with E-state index in [9.17, 15) is 14.7 Å². The lowest BCUT2D eigenvalue weighted by Crippen LogP contribution is -2.32. The second-order valence-electron chi connectivity index (χ2n) is 5.33. The first-order valence-electron chi connectivity index (χ1n) is 6.78. The minimum Gasteiger partial charge on any atom is -0.391 e. The average molecular weight is 276 g/mol. The Morgan fingerprint density at radius 1 is 1.40 bits per heavy atom. The third kappa shape index (κ3) is 3.57. The highest BCUT2D eigenvalue weighted by Crippen LogP contribution is 2.16. The second-order valence-corrected chi connectivity index (χ2v) is 5.33. The van der Waals surface area contributed by atoms with Crippen molar-refractivity contribution in [2.75, 3.05) is 18.4 Å². The van der Waals surface area contributed by atoms with Crippen LogP contribution in [0.25, 0.3) is 0 Å². The molecule has 1 aliphatic heterocycles. The van der Waals surface area contributed by atoms with Crippen molar-refractivity contribution >= 4 is 17.5 Å². The molecule has 1 fully saturated rings. The second kappa shape index (κ2) is 6.05. The average Bonchev–Trinajstić information content (AvgIpc) is 2.79. The Bertz CT molecular complexity index is 528. The highest BCUT2D eigenvalue weighted by atomic mass is 16.3. The molecular weight excluding hydrogens is 256 g/mol. The van der Waals surface area contributed by atoms with Crippen LogP contribution in [0.1, 0.15) is 24.0 Å². The molecule has 0 radical (unpaired) electrons. The number of aliphatic hydroxyl groups is 1. The molecule has 1 saturated heterocycles. The minimum absolute atomic E-state index is 0.181. The molecule has 108 valence electrons. The van der Waals surface area contributed by atoms with Crippen molar-refractivity contribution < 1.29 is 14.7 Å². The predicted molar refractivity (Wildman–Crippen MR) is 76.4 cm³/mol. The van der Waals surface area contributed by atoms with Crippen LogP contribution in [-0.2, 0) is 9.59 Å². The van der Waals surface area contributed by atoms with Crippen molar-refractivity contribution in [1.29, 1.82) is 0 Å². The maximum absolute atomic E-state index is 11.9. The Morgan fingerprint density at radius 3 is 2.75 bits per heavy atom. The molecule has 20 heavy (non-hydrogen) atoms. The van der Waals surface area contributed by atoms with E-state index >= 15 is 0 Å². The summed E-state index contributed by atoms with van der Waals surface area (Å²) in [5.74, 6) is -0.549. The summed E-state index contributed by atoms with van der Waals surface area (Å²) >= 11 is 0. The lowest BCUT2D eigenvalue weighted by atomic mass is 10.1. The van der Waals surface area contributed by atoms with Crippen molar-refractivity contribution in [3.8, 4) is 0 Å². The smallest absolute Gasteiger partial charge is 0.233 e. The molecule has 2 rings (SSSR count). The quantitative estimate of drug-likeness (QED) is 0.816. The molecule has 5 heteroatoms. The van der Waals surface area contributed by atoms with E-state index < -0.39 is 6.10 Å². The number of hydrogen-bond acceptors (Lipinski definition) is 3. The SMILES string of the molecule is Cc1ccc(NC(=O)CC(=O)N2CC[C@@H](O)C2)c(C)c1. The molecule has 5 nitrogen and oxygen atoms in total. The molecule has 1 heterocycles. The zero-order chi connectivity index (χ0) is 14.7.